The van der Waals surface area contributed by atoms with Crippen molar-refractivity contribution in [3.63, 3.8) is 0 Å². The van der Waals surface area contributed by atoms with Crippen molar-refractivity contribution in [1.29, 1.82) is 0 Å². The average Bonchev–Trinajstić information content (AvgIpc) is 2.90. The maximum atomic E-state index is 12.5. The summed E-state index contributed by atoms with van der Waals surface area (Å²) in [6, 6.07) is 15.8. The molecule has 0 aromatic heterocycles. The summed E-state index contributed by atoms with van der Waals surface area (Å²) in [5.41, 5.74) is 1.71. The Bertz CT molecular complexity index is 890. The van der Waals surface area contributed by atoms with E-state index in [0.29, 0.717) is 12.2 Å². The SMILES string of the molecule is O=C(CCN1C(=O)CCSc2ccccc21)NC(COCc1ccccc1)C(=O)O. The van der Waals surface area contributed by atoms with Crippen molar-refractivity contribution in [2.75, 3.05) is 23.8 Å². The topological polar surface area (TPSA) is 95.9 Å². The van der Waals surface area contributed by atoms with E-state index in [1.54, 1.807) is 16.7 Å². The second kappa shape index (κ2) is 10.8. The number of nitrogens with one attached hydrogen (secondary N) is 1. The summed E-state index contributed by atoms with van der Waals surface area (Å²) in [7, 11) is 0. The van der Waals surface area contributed by atoms with Crippen LogP contribution in [0.1, 0.15) is 18.4 Å². The molecule has 1 aliphatic heterocycles. The Hall–Kier alpha value is -2.84. The summed E-state index contributed by atoms with van der Waals surface area (Å²) in [6.45, 7) is 0.314. The lowest BCUT2D eigenvalue weighted by atomic mass is 10.2. The Balaban J connectivity index is 1.53. The predicted octanol–water partition coefficient (Wildman–Crippen LogP) is 2.69. The molecular weight excluding hydrogens is 404 g/mol. The zero-order chi connectivity index (χ0) is 21.3. The fourth-order valence-corrected chi connectivity index (χ4v) is 4.09. The molecule has 1 aliphatic rings. The number of para-hydroxylation sites is 1. The van der Waals surface area contributed by atoms with Crippen LogP contribution >= 0.6 is 11.8 Å². The monoisotopic (exact) mass is 428 g/mol. The van der Waals surface area contributed by atoms with Crippen LogP contribution in [0.25, 0.3) is 0 Å². The van der Waals surface area contributed by atoms with E-state index in [1.165, 1.54) is 0 Å². The average molecular weight is 429 g/mol. The zero-order valence-corrected chi connectivity index (χ0v) is 17.3. The molecule has 1 atom stereocenters. The third-order valence-corrected chi connectivity index (χ3v) is 5.69. The number of anilines is 1. The molecule has 2 aromatic rings. The Morgan fingerprint density at radius 2 is 1.87 bits per heavy atom. The molecule has 0 fully saturated rings. The second-order valence-corrected chi connectivity index (χ2v) is 7.96. The van der Waals surface area contributed by atoms with Crippen molar-refractivity contribution < 1.29 is 24.2 Å². The largest absolute Gasteiger partial charge is 0.480 e. The van der Waals surface area contributed by atoms with Gasteiger partial charge < -0.3 is 20.1 Å². The first-order chi connectivity index (χ1) is 14.5. The lowest BCUT2D eigenvalue weighted by Gasteiger charge is -2.23. The van der Waals surface area contributed by atoms with Gasteiger partial charge in [0.25, 0.3) is 0 Å². The number of carboxylic acid groups (broad SMARTS) is 1. The molecule has 0 saturated carbocycles. The molecule has 2 amide bonds. The fraction of sp³-hybridized carbons (Fsp3) is 0.318. The number of fused-ring (bicyclic) bond motifs is 1. The number of nitrogens with zero attached hydrogens (tertiary/aromatic N) is 1. The first-order valence-corrected chi connectivity index (χ1v) is 10.7. The molecule has 2 aromatic carbocycles. The highest BCUT2D eigenvalue weighted by molar-refractivity contribution is 7.99. The van der Waals surface area contributed by atoms with Crippen molar-refractivity contribution in [1.82, 2.24) is 5.32 Å². The number of carbonyl (C=O) groups excluding carboxylic acids is 2. The zero-order valence-electron chi connectivity index (χ0n) is 16.5. The lowest BCUT2D eigenvalue weighted by molar-refractivity contribution is -0.143. The number of ether oxygens (including phenoxy) is 1. The summed E-state index contributed by atoms with van der Waals surface area (Å²) >= 11 is 1.62. The molecular formula is C22H24N2O5S. The number of hydrogen-bond donors (Lipinski definition) is 2. The Morgan fingerprint density at radius 3 is 2.63 bits per heavy atom. The number of amides is 2. The molecule has 0 saturated heterocycles. The van der Waals surface area contributed by atoms with Gasteiger partial charge in [-0.3, -0.25) is 9.59 Å². The smallest absolute Gasteiger partial charge is 0.328 e. The van der Waals surface area contributed by atoms with Gasteiger partial charge in [-0.15, -0.1) is 11.8 Å². The van der Waals surface area contributed by atoms with E-state index in [1.807, 2.05) is 54.6 Å². The van der Waals surface area contributed by atoms with Crippen LogP contribution in [0.2, 0.25) is 0 Å². The Morgan fingerprint density at radius 1 is 1.13 bits per heavy atom. The molecule has 0 radical (unpaired) electrons. The minimum absolute atomic E-state index is 0.00715. The van der Waals surface area contributed by atoms with Crippen molar-refractivity contribution in [2.24, 2.45) is 0 Å². The van der Waals surface area contributed by atoms with Crippen LogP contribution in [0.4, 0.5) is 5.69 Å². The van der Waals surface area contributed by atoms with Gasteiger partial charge in [-0.25, -0.2) is 4.79 Å². The molecule has 1 unspecified atom stereocenters. The highest BCUT2D eigenvalue weighted by Crippen LogP contribution is 2.33. The molecule has 0 bridgehead atoms. The number of carboxylic acids is 1. The highest BCUT2D eigenvalue weighted by atomic mass is 32.2. The Labute approximate surface area is 179 Å². The predicted molar refractivity (Wildman–Crippen MR) is 114 cm³/mol. The quantitative estimate of drug-likeness (QED) is 0.638. The molecule has 30 heavy (non-hydrogen) atoms. The van der Waals surface area contributed by atoms with E-state index < -0.39 is 17.9 Å². The summed E-state index contributed by atoms with van der Waals surface area (Å²) in [5.74, 6) is -0.948. The molecule has 158 valence electrons. The molecule has 7 nitrogen and oxygen atoms in total. The van der Waals surface area contributed by atoms with Gasteiger partial charge in [0, 0.05) is 30.0 Å². The molecule has 0 aliphatic carbocycles. The number of aliphatic carboxylic acids is 1. The van der Waals surface area contributed by atoms with Crippen LogP contribution in [-0.4, -0.2) is 47.8 Å². The van der Waals surface area contributed by atoms with Gasteiger partial charge in [-0.05, 0) is 17.7 Å². The summed E-state index contributed by atoms with van der Waals surface area (Å²) < 4.78 is 5.46. The normalized spacial score (nSPS) is 14.5. The maximum absolute atomic E-state index is 12.5. The van der Waals surface area contributed by atoms with Crippen molar-refractivity contribution in [3.05, 3.63) is 60.2 Å². The van der Waals surface area contributed by atoms with Crippen LogP contribution in [0.3, 0.4) is 0 Å². The van der Waals surface area contributed by atoms with Gasteiger partial charge in [0.1, 0.15) is 0 Å². The maximum Gasteiger partial charge on any atom is 0.328 e. The minimum Gasteiger partial charge on any atom is -0.480 e. The number of hydrogen-bond acceptors (Lipinski definition) is 5. The van der Waals surface area contributed by atoms with Gasteiger partial charge >= 0.3 is 5.97 Å². The van der Waals surface area contributed by atoms with E-state index in [-0.39, 0.29) is 32.1 Å². The van der Waals surface area contributed by atoms with E-state index >= 15 is 0 Å². The van der Waals surface area contributed by atoms with Crippen LogP contribution < -0.4 is 10.2 Å². The van der Waals surface area contributed by atoms with Crippen LogP contribution in [0.5, 0.6) is 0 Å². The van der Waals surface area contributed by atoms with Gasteiger partial charge in [-0.1, -0.05) is 42.5 Å². The number of rotatable bonds is 9. The van der Waals surface area contributed by atoms with Gasteiger partial charge in [0.15, 0.2) is 6.04 Å². The van der Waals surface area contributed by atoms with E-state index in [2.05, 4.69) is 5.32 Å². The lowest BCUT2D eigenvalue weighted by Crippen LogP contribution is -2.45. The van der Waals surface area contributed by atoms with Crippen molar-refractivity contribution in [3.8, 4) is 0 Å². The first kappa shape index (κ1) is 21.9. The van der Waals surface area contributed by atoms with Crippen LogP contribution in [0.15, 0.2) is 59.5 Å². The number of carbonyl (C=O) groups is 3. The summed E-state index contributed by atoms with van der Waals surface area (Å²) in [5, 5.41) is 11.9. The third-order valence-electron chi connectivity index (χ3n) is 4.62. The molecule has 0 spiro atoms. The second-order valence-electron chi connectivity index (χ2n) is 6.82. The minimum atomic E-state index is -1.16. The first-order valence-electron chi connectivity index (χ1n) is 9.70. The molecule has 3 rings (SSSR count). The molecule has 2 N–H and O–H groups in total. The van der Waals surface area contributed by atoms with Gasteiger partial charge in [-0.2, -0.15) is 0 Å². The van der Waals surface area contributed by atoms with Crippen molar-refractivity contribution in [2.45, 2.75) is 30.4 Å². The van der Waals surface area contributed by atoms with E-state index in [0.717, 1.165) is 16.1 Å². The van der Waals surface area contributed by atoms with Crippen LogP contribution in [-0.2, 0) is 25.7 Å². The molecule has 8 heteroatoms. The summed E-state index contributed by atoms with van der Waals surface area (Å²) in [6.07, 6.45) is 0.402. The van der Waals surface area contributed by atoms with Gasteiger partial charge in [0.2, 0.25) is 11.8 Å². The number of thioether (sulfide) groups is 1. The highest BCUT2D eigenvalue weighted by Gasteiger charge is 2.24. The Kier molecular flexibility index (Phi) is 7.87. The fourth-order valence-electron chi connectivity index (χ4n) is 3.09. The third kappa shape index (κ3) is 6.08. The van der Waals surface area contributed by atoms with Gasteiger partial charge in [0.05, 0.1) is 18.9 Å². The van der Waals surface area contributed by atoms with Crippen molar-refractivity contribution >= 4 is 35.2 Å². The molecule has 1 heterocycles. The van der Waals surface area contributed by atoms with E-state index in [9.17, 15) is 19.5 Å². The summed E-state index contributed by atoms with van der Waals surface area (Å²) in [4.78, 5) is 38.9. The van der Waals surface area contributed by atoms with E-state index in [4.69, 9.17) is 4.74 Å². The van der Waals surface area contributed by atoms with Crippen LogP contribution in [0, 0.1) is 0 Å². The number of benzene rings is 2. The standard InChI is InChI=1S/C22H24N2O5S/c25-20(23-17(22(27)28)15-29-14-16-6-2-1-3-7-16)10-12-24-18-8-4-5-9-19(18)30-13-11-21(24)26/h1-9,17H,10-15H2,(H,23,25)(H,27,28).